The summed E-state index contributed by atoms with van der Waals surface area (Å²) in [6.07, 6.45) is 0. The molecule has 2 rings (SSSR count). The van der Waals surface area contributed by atoms with Crippen LogP contribution >= 0.6 is 0 Å². The molecule has 8 heteroatoms. The van der Waals surface area contributed by atoms with Crippen LogP contribution in [0.3, 0.4) is 0 Å². The number of nitrogen functional groups attached to an aromatic ring is 1. The van der Waals surface area contributed by atoms with E-state index in [1.165, 1.54) is 31.4 Å². The average Bonchev–Trinajstić information content (AvgIpc) is 2.44. The average molecular weight is 314 g/mol. The van der Waals surface area contributed by atoms with Crippen molar-refractivity contribution < 1.29 is 21.9 Å². The van der Waals surface area contributed by atoms with E-state index in [-0.39, 0.29) is 16.3 Å². The van der Waals surface area contributed by atoms with Gasteiger partial charge in [0.2, 0.25) is 0 Å². The van der Waals surface area contributed by atoms with Gasteiger partial charge in [0.15, 0.2) is 11.6 Å². The van der Waals surface area contributed by atoms with Gasteiger partial charge < -0.3 is 10.5 Å². The van der Waals surface area contributed by atoms with Gasteiger partial charge >= 0.3 is 0 Å². The maximum atomic E-state index is 13.6. The number of nitrogens with two attached hydrogens (primary N) is 1. The zero-order valence-electron chi connectivity index (χ0n) is 10.9. The van der Waals surface area contributed by atoms with Gasteiger partial charge in [0.05, 0.1) is 12.8 Å². The molecule has 112 valence electrons. The molecule has 0 saturated carbocycles. The molecule has 0 saturated heterocycles. The molecule has 0 amide bonds. The third kappa shape index (κ3) is 3.05. The zero-order valence-corrected chi connectivity index (χ0v) is 11.7. The van der Waals surface area contributed by atoms with Crippen LogP contribution in [-0.2, 0) is 10.0 Å². The number of sulfonamides is 1. The van der Waals surface area contributed by atoms with Crippen molar-refractivity contribution in [2.75, 3.05) is 17.6 Å². The molecular formula is C13H12F2N2O3S. The fourth-order valence-corrected chi connectivity index (χ4v) is 2.95. The molecule has 0 aliphatic rings. The predicted octanol–water partition coefficient (Wildman–Crippen LogP) is 2.36. The number of rotatable bonds is 4. The molecule has 0 bridgehead atoms. The largest absolute Gasteiger partial charge is 0.495 e. The van der Waals surface area contributed by atoms with Crippen molar-refractivity contribution in [3.05, 3.63) is 48.0 Å². The highest BCUT2D eigenvalue weighted by Gasteiger charge is 2.22. The molecule has 21 heavy (non-hydrogen) atoms. The molecule has 3 N–H and O–H groups in total. The van der Waals surface area contributed by atoms with E-state index in [4.69, 9.17) is 10.5 Å². The molecule has 0 aliphatic carbocycles. The van der Waals surface area contributed by atoms with Crippen LogP contribution < -0.4 is 15.2 Å². The quantitative estimate of drug-likeness (QED) is 0.849. The lowest BCUT2D eigenvalue weighted by Gasteiger charge is -2.12. The highest BCUT2D eigenvalue weighted by atomic mass is 32.2. The number of halogens is 2. The number of benzene rings is 2. The summed E-state index contributed by atoms with van der Waals surface area (Å²) in [5.41, 5.74) is 5.23. The van der Waals surface area contributed by atoms with Crippen molar-refractivity contribution >= 4 is 21.4 Å². The molecule has 0 heterocycles. The van der Waals surface area contributed by atoms with E-state index >= 15 is 0 Å². The maximum Gasteiger partial charge on any atom is 0.265 e. The third-order valence-corrected chi connectivity index (χ3v) is 4.06. The maximum absolute atomic E-state index is 13.6. The molecule has 5 nitrogen and oxygen atoms in total. The van der Waals surface area contributed by atoms with Crippen molar-refractivity contribution in [2.24, 2.45) is 0 Å². The van der Waals surface area contributed by atoms with Gasteiger partial charge in [-0.05, 0) is 30.3 Å². The second-order valence-corrected chi connectivity index (χ2v) is 5.77. The molecule has 0 unspecified atom stereocenters. The third-order valence-electron chi connectivity index (χ3n) is 2.67. The first-order chi connectivity index (χ1) is 9.85. The highest BCUT2D eigenvalue weighted by molar-refractivity contribution is 7.92. The van der Waals surface area contributed by atoms with Crippen LogP contribution in [-0.4, -0.2) is 15.5 Å². The molecule has 2 aromatic carbocycles. The molecule has 0 radical (unpaired) electrons. The van der Waals surface area contributed by atoms with Gasteiger partial charge in [-0.2, -0.15) is 0 Å². The normalized spacial score (nSPS) is 11.2. The summed E-state index contributed by atoms with van der Waals surface area (Å²) in [4.78, 5) is -0.270. The number of nitrogens with one attached hydrogen (secondary N) is 1. The number of hydrogen-bond acceptors (Lipinski definition) is 4. The lowest BCUT2D eigenvalue weighted by Crippen LogP contribution is -2.15. The summed E-state index contributed by atoms with van der Waals surface area (Å²) < 4.78 is 58.1. The molecule has 0 aromatic heterocycles. The van der Waals surface area contributed by atoms with Gasteiger partial charge in [0, 0.05) is 5.69 Å². The van der Waals surface area contributed by atoms with Crippen LogP contribution in [0.5, 0.6) is 5.75 Å². The van der Waals surface area contributed by atoms with Crippen molar-refractivity contribution in [2.45, 2.75) is 4.90 Å². The summed E-state index contributed by atoms with van der Waals surface area (Å²) in [5, 5.41) is 0. The smallest absolute Gasteiger partial charge is 0.265 e. The van der Waals surface area contributed by atoms with Gasteiger partial charge in [-0.1, -0.05) is 6.07 Å². The van der Waals surface area contributed by atoms with E-state index < -0.39 is 27.3 Å². The second kappa shape index (κ2) is 5.57. The lowest BCUT2D eigenvalue weighted by molar-refractivity contribution is 0.403. The van der Waals surface area contributed by atoms with E-state index in [0.29, 0.717) is 0 Å². The first-order valence-electron chi connectivity index (χ1n) is 5.75. The van der Waals surface area contributed by atoms with Crippen LogP contribution in [0, 0.1) is 11.6 Å². The zero-order chi connectivity index (χ0) is 15.6. The summed E-state index contributed by atoms with van der Waals surface area (Å²) in [6.45, 7) is 0. The Morgan fingerprint density at radius 3 is 2.57 bits per heavy atom. The minimum absolute atomic E-state index is 0.0357. The summed E-state index contributed by atoms with van der Waals surface area (Å²) >= 11 is 0. The van der Waals surface area contributed by atoms with Gasteiger partial charge in [-0.15, -0.1) is 0 Å². The van der Waals surface area contributed by atoms with Gasteiger partial charge in [-0.3, -0.25) is 4.72 Å². The first-order valence-corrected chi connectivity index (χ1v) is 7.24. The summed E-state index contributed by atoms with van der Waals surface area (Å²) in [7, 11) is -2.89. The van der Waals surface area contributed by atoms with Crippen molar-refractivity contribution in [1.29, 1.82) is 0 Å². The van der Waals surface area contributed by atoms with E-state index in [1.54, 1.807) is 0 Å². The highest BCUT2D eigenvalue weighted by Crippen LogP contribution is 2.28. The van der Waals surface area contributed by atoms with Crippen LogP contribution in [0.1, 0.15) is 0 Å². The number of ether oxygens (including phenoxy) is 1. The Balaban J connectivity index is 2.48. The SMILES string of the molecule is COc1ccc(N)cc1S(=O)(=O)Nc1cccc(F)c1F. The Labute approximate surface area is 120 Å². The summed E-state index contributed by atoms with van der Waals surface area (Å²) in [5.74, 6) is -2.41. The van der Waals surface area contributed by atoms with Gasteiger partial charge in [0.25, 0.3) is 10.0 Å². The standard InChI is InChI=1S/C13H12F2N2O3S/c1-20-11-6-5-8(16)7-12(11)21(18,19)17-10-4-2-3-9(14)13(10)15/h2-7,17H,16H2,1H3. The molecule has 0 fully saturated rings. The first kappa shape index (κ1) is 15.0. The van der Waals surface area contributed by atoms with Crippen LogP contribution in [0.4, 0.5) is 20.2 Å². The Bertz CT molecular complexity index is 779. The van der Waals surface area contributed by atoms with E-state index in [2.05, 4.69) is 0 Å². The van der Waals surface area contributed by atoms with Gasteiger partial charge in [0.1, 0.15) is 10.6 Å². The van der Waals surface area contributed by atoms with Crippen molar-refractivity contribution in [3.63, 3.8) is 0 Å². The number of hydrogen-bond donors (Lipinski definition) is 2. The van der Waals surface area contributed by atoms with E-state index in [1.807, 2.05) is 4.72 Å². The number of methoxy groups -OCH3 is 1. The molecular weight excluding hydrogens is 302 g/mol. The fraction of sp³-hybridized carbons (Fsp3) is 0.0769. The van der Waals surface area contributed by atoms with Crippen molar-refractivity contribution in [1.82, 2.24) is 0 Å². The minimum atomic E-state index is -4.18. The summed E-state index contributed by atoms with van der Waals surface area (Å²) in [6, 6.07) is 7.17. The van der Waals surface area contributed by atoms with E-state index in [9.17, 15) is 17.2 Å². The minimum Gasteiger partial charge on any atom is -0.495 e. The predicted molar refractivity (Wildman–Crippen MR) is 74.6 cm³/mol. The lowest BCUT2D eigenvalue weighted by atomic mass is 10.3. The van der Waals surface area contributed by atoms with Crippen LogP contribution in [0.2, 0.25) is 0 Å². The Morgan fingerprint density at radius 2 is 1.90 bits per heavy atom. The van der Waals surface area contributed by atoms with Gasteiger partial charge in [-0.25, -0.2) is 17.2 Å². The molecule has 0 aliphatic heterocycles. The fourth-order valence-electron chi connectivity index (χ4n) is 1.69. The topological polar surface area (TPSA) is 81.4 Å². The van der Waals surface area contributed by atoms with Crippen LogP contribution in [0.25, 0.3) is 0 Å². The van der Waals surface area contributed by atoms with Crippen molar-refractivity contribution in [3.8, 4) is 5.75 Å². The Morgan fingerprint density at radius 1 is 1.19 bits per heavy atom. The molecule has 2 aromatic rings. The van der Waals surface area contributed by atoms with Crippen LogP contribution in [0.15, 0.2) is 41.3 Å². The second-order valence-electron chi connectivity index (χ2n) is 4.12. The van der Waals surface area contributed by atoms with E-state index in [0.717, 1.165) is 12.1 Å². The number of anilines is 2. The Hall–Kier alpha value is -2.35. The molecule has 0 atom stereocenters. The molecule has 0 spiro atoms. The monoisotopic (exact) mass is 314 g/mol. The Kier molecular flexibility index (Phi) is 3.99.